The monoisotopic (exact) mass is 258 g/mol. The molecule has 0 spiro atoms. The minimum Gasteiger partial charge on any atom is -0.445 e. The molecule has 0 saturated heterocycles. The van der Waals surface area contributed by atoms with Crippen molar-refractivity contribution in [2.24, 2.45) is 11.7 Å². The van der Waals surface area contributed by atoms with E-state index in [0.29, 0.717) is 25.4 Å². The number of nitrogens with two attached hydrogens (primary N) is 1. The van der Waals surface area contributed by atoms with Crippen LogP contribution >= 0.6 is 0 Å². The van der Waals surface area contributed by atoms with Crippen molar-refractivity contribution in [1.82, 2.24) is 5.32 Å². The second-order valence-electron chi connectivity index (χ2n) is 3.69. The van der Waals surface area contributed by atoms with Crippen molar-refractivity contribution in [3.05, 3.63) is 12.2 Å². The van der Waals surface area contributed by atoms with Crippen molar-refractivity contribution in [3.63, 3.8) is 0 Å². The normalized spacial score (nSPS) is 8.56. The van der Waals surface area contributed by atoms with Gasteiger partial charge >= 0.3 is 6.09 Å². The van der Waals surface area contributed by atoms with Gasteiger partial charge in [0.15, 0.2) is 0 Å². The zero-order valence-electron chi connectivity index (χ0n) is 12.0. The number of alkyl carbamates (subject to hydrolysis) is 1. The summed E-state index contributed by atoms with van der Waals surface area (Å²) in [5, 5.41) is 2.53. The highest BCUT2D eigenvalue weighted by Crippen LogP contribution is 1.96. The molecule has 0 heterocycles. The number of carbonyl (C=O) groups is 1. The first-order valence-corrected chi connectivity index (χ1v) is 6.32. The van der Waals surface area contributed by atoms with Crippen LogP contribution in [-0.4, -0.2) is 25.8 Å². The molecule has 0 aliphatic heterocycles. The fraction of sp³-hybridized carbons (Fsp3) is 0.643. The molecule has 0 unspecified atom stereocenters. The second-order valence-corrected chi connectivity index (χ2v) is 3.69. The first-order chi connectivity index (χ1) is 8.56. The van der Waals surface area contributed by atoms with E-state index in [1.165, 1.54) is 0 Å². The number of ether oxygens (including phenoxy) is 1. The van der Waals surface area contributed by atoms with Gasteiger partial charge < -0.3 is 15.8 Å². The first kappa shape index (κ1) is 18.9. The molecule has 18 heavy (non-hydrogen) atoms. The molecule has 0 aromatic rings. The zero-order valence-corrected chi connectivity index (χ0v) is 12.0. The molecule has 0 aromatic carbocycles. The van der Waals surface area contributed by atoms with Gasteiger partial charge in [0.25, 0.3) is 0 Å². The number of hydrogen-bond acceptors (Lipinski definition) is 3. The SMILES string of the molecule is C=C(CCN)COC(=O)NCC#CC(C)C.CC.[HH].[HH]. The van der Waals surface area contributed by atoms with Gasteiger partial charge in [-0.2, -0.15) is 0 Å². The minimum atomic E-state index is -0.476. The molecule has 0 radical (unpaired) electrons. The molecule has 1 amide bonds. The molecule has 4 heteroatoms. The predicted molar refractivity (Wildman–Crippen MR) is 80.4 cm³/mol. The summed E-state index contributed by atoms with van der Waals surface area (Å²) in [6.07, 6.45) is 0.191. The van der Waals surface area contributed by atoms with E-state index >= 15 is 0 Å². The quantitative estimate of drug-likeness (QED) is 0.588. The predicted octanol–water partition coefficient (Wildman–Crippen LogP) is 2.80. The summed E-state index contributed by atoms with van der Waals surface area (Å²) in [6, 6.07) is 0. The Hall–Kier alpha value is -1.47. The Balaban J connectivity index is -0.000000304. The average molecular weight is 258 g/mol. The van der Waals surface area contributed by atoms with Crippen LogP contribution in [0.5, 0.6) is 0 Å². The van der Waals surface area contributed by atoms with Crippen molar-refractivity contribution in [3.8, 4) is 11.8 Å². The maximum atomic E-state index is 11.1. The van der Waals surface area contributed by atoms with Crippen LogP contribution in [0.2, 0.25) is 0 Å². The smallest absolute Gasteiger partial charge is 0.408 e. The summed E-state index contributed by atoms with van der Waals surface area (Å²) in [5.41, 5.74) is 6.14. The molecule has 0 aliphatic rings. The molecule has 4 nitrogen and oxygen atoms in total. The summed E-state index contributed by atoms with van der Waals surface area (Å²) in [4.78, 5) is 11.1. The topological polar surface area (TPSA) is 64.3 Å². The highest BCUT2D eigenvalue weighted by molar-refractivity contribution is 5.67. The highest BCUT2D eigenvalue weighted by Gasteiger charge is 2.00. The Labute approximate surface area is 114 Å². The minimum absolute atomic E-state index is 0. The summed E-state index contributed by atoms with van der Waals surface area (Å²) < 4.78 is 4.89. The molecule has 108 valence electrons. The fourth-order valence-electron chi connectivity index (χ4n) is 0.866. The number of amides is 1. The van der Waals surface area contributed by atoms with Gasteiger partial charge in [0, 0.05) is 8.77 Å². The van der Waals surface area contributed by atoms with E-state index in [0.717, 1.165) is 5.57 Å². The molecule has 0 aliphatic carbocycles. The Bertz CT molecular complexity index is 297. The summed E-state index contributed by atoms with van der Waals surface area (Å²) >= 11 is 0. The fourth-order valence-corrected chi connectivity index (χ4v) is 0.866. The molecular formula is C14H30N2O2. The van der Waals surface area contributed by atoms with Gasteiger partial charge in [-0.3, -0.25) is 0 Å². The summed E-state index contributed by atoms with van der Waals surface area (Å²) in [7, 11) is 0. The summed E-state index contributed by atoms with van der Waals surface area (Å²) in [5.74, 6) is 6.06. The van der Waals surface area contributed by atoms with Gasteiger partial charge in [0.05, 0.1) is 6.54 Å². The lowest BCUT2D eigenvalue weighted by molar-refractivity contribution is 0.156. The molecule has 0 rings (SSSR count). The van der Waals surface area contributed by atoms with Crippen LogP contribution in [-0.2, 0) is 4.74 Å². The van der Waals surface area contributed by atoms with E-state index in [2.05, 4.69) is 23.7 Å². The van der Waals surface area contributed by atoms with Crippen LogP contribution in [0.25, 0.3) is 0 Å². The van der Waals surface area contributed by atoms with Crippen LogP contribution in [0.15, 0.2) is 12.2 Å². The Kier molecular flexibility index (Phi) is 14.3. The number of nitrogens with one attached hydrogen (secondary N) is 1. The standard InChI is InChI=1S/C12H20N2O2.C2H6.2H2/c1-10(2)5-4-8-14-12(15)16-9-11(3)6-7-13;1-2;;/h10H,3,6-9,13H2,1-2H3,(H,14,15);1-2H3;2*1H. The van der Waals surface area contributed by atoms with Crippen molar-refractivity contribution in [2.75, 3.05) is 19.7 Å². The number of carbonyl (C=O) groups excluding carboxylic acids is 1. The third-order valence-corrected chi connectivity index (χ3v) is 1.62. The summed E-state index contributed by atoms with van der Waals surface area (Å²) in [6.45, 7) is 12.7. The van der Waals surface area contributed by atoms with E-state index in [-0.39, 0.29) is 9.46 Å². The maximum absolute atomic E-state index is 11.1. The van der Waals surface area contributed by atoms with Gasteiger partial charge in [-0.25, -0.2) is 4.79 Å². The molecule has 0 aromatic heterocycles. The van der Waals surface area contributed by atoms with E-state index in [1.54, 1.807) is 0 Å². The van der Waals surface area contributed by atoms with Crippen molar-refractivity contribution in [2.45, 2.75) is 34.1 Å². The van der Waals surface area contributed by atoms with E-state index < -0.39 is 6.09 Å². The van der Waals surface area contributed by atoms with Gasteiger partial charge in [-0.1, -0.05) is 46.1 Å². The van der Waals surface area contributed by atoms with Crippen LogP contribution in [0.3, 0.4) is 0 Å². The van der Waals surface area contributed by atoms with Crippen LogP contribution in [0.4, 0.5) is 4.79 Å². The van der Waals surface area contributed by atoms with Gasteiger partial charge in [0.1, 0.15) is 6.61 Å². The third-order valence-electron chi connectivity index (χ3n) is 1.62. The Morgan fingerprint density at radius 2 is 2.11 bits per heavy atom. The zero-order chi connectivity index (χ0) is 14.4. The van der Waals surface area contributed by atoms with Crippen molar-refractivity contribution >= 4 is 6.09 Å². The van der Waals surface area contributed by atoms with Gasteiger partial charge in [0.2, 0.25) is 0 Å². The van der Waals surface area contributed by atoms with Crippen molar-refractivity contribution in [1.29, 1.82) is 0 Å². The Morgan fingerprint density at radius 3 is 2.61 bits per heavy atom. The largest absolute Gasteiger partial charge is 0.445 e. The molecule has 0 fully saturated rings. The van der Waals surface area contributed by atoms with Crippen LogP contribution in [0.1, 0.15) is 37.0 Å². The first-order valence-electron chi connectivity index (χ1n) is 6.32. The lowest BCUT2D eigenvalue weighted by Gasteiger charge is -2.06. The maximum Gasteiger partial charge on any atom is 0.408 e. The van der Waals surface area contributed by atoms with Gasteiger partial charge in [-0.15, -0.1) is 0 Å². The van der Waals surface area contributed by atoms with Crippen molar-refractivity contribution < 1.29 is 12.4 Å². The lowest BCUT2D eigenvalue weighted by Crippen LogP contribution is -2.25. The molecular weight excluding hydrogens is 228 g/mol. The molecule has 0 saturated carbocycles. The van der Waals surface area contributed by atoms with Crippen LogP contribution in [0, 0.1) is 17.8 Å². The number of hydrogen-bond donors (Lipinski definition) is 2. The Morgan fingerprint density at radius 1 is 1.50 bits per heavy atom. The molecule has 0 atom stereocenters. The van der Waals surface area contributed by atoms with E-state index in [9.17, 15) is 4.79 Å². The molecule has 3 N–H and O–H groups in total. The van der Waals surface area contributed by atoms with Crippen LogP contribution < -0.4 is 11.1 Å². The highest BCUT2D eigenvalue weighted by atomic mass is 16.5. The van der Waals surface area contributed by atoms with E-state index in [1.807, 2.05) is 27.7 Å². The third kappa shape index (κ3) is 14.5. The molecule has 0 bridgehead atoms. The van der Waals surface area contributed by atoms with E-state index in [4.69, 9.17) is 10.5 Å². The average Bonchev–Trinajstić information content (AvgIpc) is 2.35. The second kappa shape index (κ2) is 13.6. The lowest BCUT2D eigenvalue weighted by atomic mass is 10.2. The van der Waals surface area contributed by atoms with Gasteiger partial charge in [-0.05, 0) is 18.5 Å². The number of rotatable bonds is 5.